The molecule has 2 nitrogen and oxygen atoms in total. The largest absolute Gasteiger partial charge is 0.369 e. The van der Waals surface area contributed by atoms with E-state index in [4.69, 9.17) is 0 Å². The van der Waals surface area contributed by atoms with Gasteiger partial charge in [0.25, 0.3) is 0 Å². The Morgan fingerprint density at radius 2 is 2.06 bits per heavy atom. The van der Waals surface area contributed by atoms with Crippen LogP contribution in [0.3, 0.4) is 0 Å². The van der Waals surface area contributed by atoms with Crippen molar-refractivity contribution in [3.05, 3.63) is 29.6 Å². The normalized spacial score (nSPS) is 15.5. The number of anilines is 1. The molecule has 0 radical (unpaired) electrons. The van der Waals surface area contributed by atoms with E-state index in [1.807, 2.05) is 11.8 Å². The highest BCUT2D eigenvalue weighted by molar-refractivity contribution is 5.96. The molecule has 16 heavy (non-hydrogen) atoms. The first-order chi connectivity index (χ1) is 7.72. The maximum atomic E-state index is 13.6. The van der Waals surface area contributed by atoms with Crippen molar-refractivity contribution in [3.63, 3.8) is 0 Å². The number of nitrogens with zero attached hydrogens (tertiary/aromatic N) is 1. The van der Waals surface area contributed by atoms with E-state index in [2.05, 4.69) is 0 Å². The highest BCUT2D eigenvalue weighted by Crippen LogP contribution is 2.25. The minimum Gasteiger partial charge on any atom is -0.369 e. The molecule has 86 valence electrons. The van der Waals surface area contributed by atoms with E-state index >= 15 is 0 Å². The van der Waals surface area contributed by atoms with Gasteiger partial charge in [-0.1, -0.05) is 6.92 Å². The van der Waals surface area contributed by atoms with Gasteiger partial charge in [0.05, 0.1) is 5.69 Å². The molecule has 1 aromatic carbocycles. The predicted molar refractivity (Wildman–Crippen MR) is 62.5 cm³/mol. The second-order valence-electron chi connectivity index (χ2n) is 4.14. The Morgan fingerprint density at radius 1 is 1.38 bits per heavy atom. The van der Waals surface area contributed by atoms with Gasteiger partial charge in [-0.2, -0.15) is 0 Å². The van der Waals surface area contributed by atoms with E-state index in [0.29, 0.717) is 17.7 Å². The molecule has 1 heterocycles. The fraction of sp³-hybridized carbons (Fsp3) is 0.462. The quantitative estimate of drug-likeness (QED) is 0.731. The molecule has 1 fully saturated rings. The van der Waals surface area contributed by atoms with Gasteiger partial charge in [-0.05, 0) is 31.0 Å². The van der Waals surface area contributed by atoms with E-state index in [-0.39, 0.29) is 11.6 Å². The van der Waals surface area contributed by atoms with Crippen LogP contribution in [0.15, 0.2) is 18.2 Å². The van der Waals surface area contributed by atoms with Crippen molar-refractivity contribution in [1.29, 1.82) is 0 Å². The molecule has 1 aliphatic rings. The number of halogens is 1. The molecule has 0 atom stereocenters. The van der Waals surface area contributed by atoms with Crippen molar-refractivity contribution in [3.8, 4) is 0 Å². The van der Waals surface area contributed by atoms with Crippen LogP contribution in [0.4, 0.5) is 10.1 Å². The Labute approximate surface area is 95.1 Å². The number of ketones is 1. The SMILES string of the molecule is CCC(=O)c1ccc(F)c(N2CCCC2)c1. The van der Waals surface area contributed by atoms with Crippen LogP contribution in [0.2, 0.25) is 0 Å². The summed E-state index contributed by atoms with van der Waals surface area (Å²) in [6, 6.07) is 4.66. The number of Topliss-reactive ketones (excluding diaryl/α,β-unsaturated/α-hetero) is 1. The average molecular weight is 221 g/mol. The van der Waals surface area contributed by atoms with E-state index in [1.165, 1.54) is 6.07 Å². The molecular weight excluding hydrogens is 205 g/mol. The minimum atomic E-state index is -0.227. The van der Waals surface area contributed by atoms with Crippen molar-refractivity contribution in [2.24, 2.45) is 0 Å². The standard InChI is InChI=1S/C13H16FNO/c1-2-13(16)10-5-6-11(14)12(9-10)15-7-3-4-8-15/h5-6,9H,2-4,7-8H2,1H3. The summed E-state index contributed by atoms with van der Waals surface area (Å²) in [5, 5.41) is 0. The Morgan fingerprint density at radius 3 is 2.69 bits per heavy atom. The third kappa shape index (κ3) is 2.08. The number of benzene rings is 1. The number of rotatable bonds is 3. The molecule has 0 amide bonds. The Kier molecular flexibility index (Phi) is 3.22. The number of carbonyl (C=O) groups excluding carboxylic acids is 1. The van der Waals surface area contributed by atoms with E-state index < -0.39 is 0 Å². The average Bonchev–Trinajstić information content (AvgIpc) is 2.82. The van der Waals surface area contributed by atoms with E-state index in [1.54, 1.807) is 12.1 Å². The molecule has 0 saturated carbocycles. The fourth-order valence-corrected chi connectivity index (χ4v) is 2.09. The van der Waals surface area contributed by atoms with Crippen LogP contribution in [0.25, 0.3) is 0 Å². The molecule has 3 heteroatoms. The zero-order chi connectivity index (χ0) is 11.5. The Hall–Kier alpha value is -1.38. The molecule has 0 unspecified atom stereocenters. The molecule has 0 aromatic heterocycles. The maximum absolute atomic E-state index is 13.6. The molecular formula is C13H16FNO. The van der Waals surface area contributed by atoms with Crippen LogP contribution < -0.4 is 4.90 Å². The van der Waals surface area contributed by atoms with Gasteiger partial charge in [0, 0.05) is 25.1 Å². The monoisotopic (exact) mass is 221 g/mol. The predicted octanol–water partition coefficient (Wildman–Crippen LogP) is 3.02. The van der Waals surface area contributed by atoms with Gasteiger partial charge in [-0.25, -0.2) is 4.39 Å². The molecule has 0 N–H and O–H groups in total. The van der Waals surface area contributed by atoms with Crippen molar-refractivity contribution in [2.75, 3.05) is 18.0 Å². The highest BCUT2D eigenvalue weighted by atomic mass is 19.1. The van der Waals surface area contributed by atoms with Crippen molar-refractivity contribution in [1.82, 2.24) is 0 Å². The van der Waals surface area contributed by atoms with E-state index in [9.17, 15) is 9.18 Å². The topological polar surface area (TPSA) is 20.3 Å². The van der Waals surface area contributed by atoms with Gasteiger partial charge in [-0.15, -0.1) is 0 Å². The van der Waals surface area contributed by atoms with Crippen LogP contribution >= 0.6 is 0 Å². The lowest BCUT2D eigenvalue weighted by molar-refractivity contribution is 0.0988. The summed E-state index contributed by atoms with van der Waals surface area (Å²) in [6.45, 7) is 3.60. The third-order valence-electron chi connectivity index (χ3n) is 3.04. The molecule has 2 rings (SSSR count). The number of hydrogen-bond acceptors (Lipinski definition) is 2. The Balaban J connectivity index is 2.32. The van der Waals surface area contributed by atoms with Crippen LogP contribution in [-0.4, -0.2) is 18.9 Å². The zero-order valence-electron chi connectivity index (χ0n) is 9.50. The third-order valence-corrected chi connectivity index (χ3v) is 3.04. The molecule has 1 aromatic rings. The summed E-state index contributed by atoms with van der Waals surface area (Å²) in [6.07, 6.45) is 2.67. The summed E-state index contributed by atoms with van der Waals surface area (Å²) < 4.78 is 13.6. The molecule has 1 aliphatic heterocycles. The highest BCUT2D eigenvalue weighted by Gasteiger charge is 2.17. The fourth-order valence-electron chi connectivity index (χ4n) is 2.09. The molecule has 0 aliphatic carbocycles. The van der Waals surface area contributed by atoms with Crippen molar-refractivity contribution >= 4 is 11.5 Å². The summed E-state index contributed by atoms with van der Waals surface area (Å²) in [4.78, 5) is 13.6. The summed E-state index contributed by atoms with van der Waals surface area (Å²) in [7, 11) is 0. The zero-order valence-corrected chi connectivity index (χ0v) is 9.50. The smallest absolute Gasteiger partial charge is 0.162 e. The van der Waals surface area contributed by atoms with Gasteiger partial charge >= 0.3 is 0 Å². The lowest BCUT2D eigenvalue weighted by Gasteiger charge is -2.18. The minimum absolute atomic E-state index is 0.0699. The van der Waals surface area contributed by atoms with Gasteiger partial charge in [0.15, 0.2) is 5.78 Å². The van der Waals surface area contributed by atoms with Gasteiger partial charge in [-0.3, -0.25) is 4.79 Å². The molecule has 0 spiro atoms. The van der Waals surface area contributed by atoms with Gasteiger partial charge in [0.1, 0.15) is 5.82 Å². The van der Waals surface area contributed by atoms with E-state index in [0.717, 1.165) is 25.9 Å². The maximum Gasteiger partial charge on any atom is 0.162 e. The first kappa shape index (κ1) is 11.1. The second-order valence-corrected chi connectivity index (χ2v) is 4.14. The summed E-state index contributed by atoms with van der Waals surface area (Å²) in [5.41, 5.74) is 1.20. The number of hydrogen-bond donors (Lipinski definition) is 0. The van der Waals surface area contributed by atoms with Crippen LogP contribution in [0, 0.1) is 5.82 Å². The molecule has 0 bridgehead atoms. The van der Waals surface area contributed by atoms with Gasteiger partial charge in [0.2, 0.25) is 0 Å². The molecule has 1 saturated heterocycles. The lowest BCUT2D eigenvalue weighted by Crippen LogP contribution is -2.19. The second kappa shape index (κ2) is 4.64. The summed E-state index contributed by atoms with van der Waals surface area (Å²) >= 11 is 0. The lowest BCUT2D eigenvalue weighted by atomic mass is 10.1. The van der Waals surface area contributed by atoms with Crippen molar-refractivity contribution < 1.29 is 9.18 Å². The van der Waals surface area contributed by atoms with Crippen molar-refractivity contribution in [2.45, 2.75) is 26.2 Å². The van der Waals surface area contributed by atoms with Gasteiger partial charge < -0.3 is 4.90 Å². The number of carbonyl (C=O) groups is 1. The van der Waals surface area contributed by atoms with Crippen LogP contribution in [0.5, 0.6) is 0 Å². The van der Waals surface area contributed by atoms with Crippen LogP contribution in [0.1, 0.15) is 36.5 Å². The Bertz CT molecular complexity index is 397. The first-order valence-corrected chi connectivity index (χ1v) is 5.80. The van der Waals surface area contributed by atoms with Crippen LogP contribution in [-0.2, 0) is 0 Å². The summed E-state index contributed by atoms with van der Waals surface area (Å²) in [5.74, 6) is -0.157. The first-order valence-electron chi connectivity index (χ1n) is 5.80.